The number of quaternary nitrogens is 1. The van der Waals surface area contributed by atoms with E-state index in [2.05, 4.69) is 96.1 Å². The monoisotopic (exact) mass is 462 g/mol. The van der Waals surface area contributed by atoms with Crippen molar-refractivity contribution < 1.29 is 24.0 Å². The molecule has 4 rings (SSSR count). The molecule has 1 aliphatic heterocycles. The van der Waals surface area contributed by atoms with Gasteiger partial charge in [0, 0.05) is 11.8 Å². The standard InChI is InChI=1S/C23H31N2.HI/c1-16-18-13-20-21(14-19(18)23(4,5)22(16,2)3)25(6,7)15-24(20)17-11-9-8-10-12-17;/h8-14,16H,15H2,1-7H3;1H/q+1;/p-1. The molecule has 0 radical (unpaired) electrons. The van der Waals surface area contributed by atoms with Gasteiger partial charge in [0.2, 0.25) is 0 Å². The molecule has 1 atom stereocenters. The predicted octanol–water partition coefficient (Wildman–Crippen LogP) is 2.79. The van der Waals surface area contributed by atoms with Gasteiger partial charge in [-0.25, -0.2) is 0 Å². The molecule has 0 aromatic heterocycles. The van der Waals surface area contributed by atoms with Crippen LogP contribution in [0, 0.1) is 5.41 Å². The summed E-state index contributed by atoms with van der Waals surface area (Å²) in [5, 5.41) is 0. The maximum Gasteiger partial charge on any atom is 0.163 e. The molecule has 26 heavy (non-hydrogen) atoms. The number of benzene rings is 2. The van der Waals surface area contributed by atoms with Gasteiger partial charge in [0.15, 0.2) is 12.4 Å². The predicted molar refractivity (Wildman–Crippen MR) is 109 cm³/mol. The van der Waals surface area contributed by atoms with Crippen molar-refractivity contribution in [3.8, 4) is 0 Å². The van der Waals surface area contributed by atoms with Crippen molar-refractivity contribution in [1.29, 1.82) is 0 Å². The molecule has 0 bridgehead atoms. The van der Waals surface area contributed by atoms with Gasteiger partial charge in [0.05, 0.1) is 14.1 Å². The highest BCUT2D eigenvalue weighted by Gasteiger charge is 2.52. The number of anilines is 2. The minimum absolute atomic E-state index is 0. The number of hydrogen-bond donors (Lipinski definition) is 0. The smallest absolute Gasteiger partial charge is 0.163 e. The summed E-state index contributed by atoms with van der Waals surface area (Å²) in [5.41, 5.74) is 7.66. The molecular formula is C23H31IN2. The first-order valence-corrected chi connectivity index (χ1v) is 9.42. The minimum atomic E-state index is 0. The van der Waals surface area contributed by atoms with Crippen LogP contribution in [0.4, 0.5) is 17.1 Å². The van der Waals surface area contributed by atoms with Crippen LogP contribution in [0.25, 0.3) is 0 Å². The topological polar surface area (TPSA) is 3.24 Å². The lowest BCUT2D eigenvalue weighted by molar-refractivity contribution is -0.00000558. The zero-order valence-corrected chi connectivity index (χ0v) is 19.3. The summed E-state index contributed by atoms with van der Waals surface area (Å²) in [5.74, 6) is 0.566. The molecule has 0 fully saturated rings. The van der Waals surface area contributed by atoms with Crippen molar-refractivity contribution in [2.45, 2.75) is 46.0 Å². The molecule has 0 N–H and O–H groups in total. The SMILES string of the molecule is CC1c2cc3c(cc2C(C)(C)C1(C)C)[N+](C)(C)CN3c1ccccc1.[I-]. The molecule has 2 aliphatic rings. The molecule has 2 aromatic carbocycles. The second-order valence-electron chi connectivity index (χ2n) is 9.59. The van der Waals surface area contributed by atoms with Crippen LogP contribution >= 0.6 is 0 Å². The Bertz CT molecular complexity index is 837. The van der Waals surface area contributed by atoms with E-state index in [1.807, 2.05) is 0 Å². The van der Waals surface area contributed by atoms with Crippen molar-refractivity contribution in [2.24, 2.45) is 5.41 Å². The van der Waals surface area contributed by atoms with Crippen LogP contribution in [-0.2, 0) is 5.41 Å². The van der Waals surface area contributed by atoms with Crippen LogP contribution in [0.1, 0.15) is 51.7 Å². The molecule has 140 valence electrons. The number of nitrogens with zero attached hydrogens (tertiary/aromatic N) is 2. The normalized spacial score (nSPS) is 24.0. The summed E-state index contributed by atoms with van der Waals surface area (Å²) in [7, 11) is 4.65. The van der Waals surface area contributed by atoms with Crippen molar-refractivity contribution in [3.63, 3.8) is 0 Å². The molecule has 1 unspecified atom stereocenters. The molecule has 0 saturated carbocycles. The first-order chi connectivity index (χ1) is 11.6. The van der Waals surface area contributed by atoms with Gasteiger partial charge >= 0.3 is 0 Å². The van der Waals surface area contributed by atoms with Crippen LogP contribution in [0.3, 0.4) is 0 Å². The number of hydrogen-bond acceptors (Lipinski definition) is 1. The molecule has 0 saturated heterocycles. The van der Waals surface area contributed by atoms with Crippen molar-refractivity contribution in [3.05, 3.63) is 53.6 Å². The number of fused-ring (bicyclic) bond motifs is 2. The summed E-state index contributed by atoms with van der Waals surface area (Å²) in [6.45, 7) is 13.1. The van der Waals surface area contributed by atoms with E-state index in [1.54, 1.807) is 5.56 Å². The fourth-order valence-corrected chi connectivity index (χ4v) is 4.81. The van der Waals surface area contributed by atoms with Crippen molar-refractivity contribution in [1.82, 2.24) is 4.48 Å². The Morgan fingerprint density at radius 1 is 1.00 bits per heavy atom. The molecule has 0 amide bonds. The fraction of sp³-hybridized carbons (Fsp3) is 0.478. The number of halogens is 1. The first kappa shape index (κ1) is 19.7. The molecule has 3 heteroatoms. The summed E-state index contributed by atoms with van der Waals surface area (Å²) in [6, 6.07) is 15.8. The van der Waals surface area contributed by atoms with Crippen LogP contribution in [-0.4, -0.2) is 20.8 Å². The Hall–Kier alpha value is -1.07. The largest absolute Gasteiger partial charge is 1.00 e. The van der Waals surface area contributed by atoms with Crippen LogP contribution in [0.15, 0.2) is 42.5 Å². The van der Waals surface area contributed by atoms with Gasteiger partial charge in [-0.2, -0.15) is 0 Å². The quantitative estimate of drug-likeness (QED) is 0.466. The second-order valence-corrected chi connectivity index (χ2v) is 9.59. The first-order valence-electron chi connectivity index (χ1n) is 9.42. The molecule has 0 spiro atoms. The van der Waals surface area contributed by atoms with Crippen LogP contribution in [0.5, 0.6) is 0 Å². The fourth-order valence-electron chi connectivity index (χ4n) is 4.81. The Labute approximate surface area is 175 Å². The van der Waals surface area contributed by atoms with E-state index >= 15 is 0 Å². The lowest BCUT2D eigenvalue weighted by Gasteiger charge is -2.38. The van der Waals surface area contributed by atoms with Crippen molar-refractivity contribution in [2.75, 3.05) is 25.7 Å². The number of rotatable bonds is 1. The maximum absolute atomic E-state index is 2.51. The molecule has 2 nitrogen and oxygen atoms in total. The third kappa shape index (κ3) is 2.46. The molecule has 1 heterocycles. The third-order valence-corrected chi connectivity index (χ3v) is 7.49. The summed E-state index contributed by atoms with van der Waals surface area (Å²) in [4.78, 5) is 2.49. The third-order valence-electron chi connectivity index (χ3n) is 7.49. The Morgan fingerprint density at radius 2 is 1.62 bits per heavy atom. The van der Waals surface area contributed by atoms with Gasteiger partial charge in [-0.1, -0.05) is 52.8 Å². The van der Waals surface area contributed by atoms with Gasteiger partial charge in [0.1, 0.15) is 5.69 Å². The molecular weight excluding hydrogens is 431 g/mol. The maximum atomic E-state index is 2.51. The highest BCUT2D eigenvalue weighted by atomic mass is 127. The molecule has 1 aliphatic carbocycles. The van der Waals surface area contributed by atoms with Gasteiger partial charge in [0.25, 0.3) is 0 Å². The average molecular weight is 462 g/mol. The summed E-state index contributed by atoms with van der Waals surface area (Å²) >= 11 is 0. The zero-order valence-electron chi connectivity index (χ0n) is 17.1. The highest BCUT2D eigenvalue weighted by Crippen LogP contribution is 2.61. The van der Waals surface area contributed by atoms with Gasteiger partial charge in [-0.05, 0) is 46.1 Å². The second kappa shape index (κ2) is 5.96. The van der Waals surface area contributed by atoms with Crippen LogP contribution in [0.2, 0.25) is 0 Å². The molecule has 2 aromatic rings. The Kier molecular flexibility index (Phi) is 4.52. The van der Waals surface area contributed by atoms with E-state index in [1.165, 1.54) is 22.6 Å². The van der Waals surface area contributed by atoms with Crippen LogP contribution < -0.4 is 33.4 Å². The summed E-state index contributed by atoms with van der Waals surface area (Å²) < 4.78 is 0.905. The van der Waals surface area contributed by atoms with E-state index in [-0.39, 0.29) is 34.8 Å². The van der Waals surface area contributed by atoms with Gasteiger partial charge in [-0.3, -0.25) is 9.38 Å². The van der Waals surface area contributed by atoms with E-state index < -0.39 is 0 Å². The minimum Gasteiger partial charge on any atom is -1.00 e. The zero-order chi connectivity index (χ0) is 18.2. The van der Waals surface area contributed by atoms with E-state index in [4.69, 9.17) is 0 Å². The lowest BCUT2D eigenvalue weighted by Crippen LogP contribution is -3.00. The Balaban J connectivity index is 0.00000196. The lowest BCUT2D eigenvalue weighted by atomic mass is 9.65. The van der Waals surface area contributed by atoms with Crippen molar-refractivity contribution >= 4 is 17.1 Å². The van der Waals surface area contributed by atoms with Gasteiger partial charge < -0.3 is 24.0 Å². The van der Waals surface area contributed by atoms with Gasteiger partial charge in [-0.15, -0.1) is 0 Å². The average Bonchev–Trinajstić information content (AvgIpc) is 2.90. The Morgan fingerprint density at radius 3 is 2.23 bits per heavy atom. The van der Waals surface area contributed by atoms with E-state index in [9.17, 15) is 0 Å². The highest BCUT2D eigenvalue weighted by molar-refractivity contribution is 5.82. The summed E-state index contributed by atoms with van der Waals surface area (Å²) in [6.07, 6.45) is 0. The van der Waals surface area contributed by atoms with E-state index in [0.29, 0.717) is 5.92 Å². The van der Waals surface area contributed by atoms with E-state index in [0.717, 1.165) is 11.2 Å². The number of para-hydroxylation sites is 1.